The van der Waals surface area contributed by atoms with Crippen LogP contribution in [0, 0.1) is 58.6 Å². The first-order chi connectivity index (χ1) is 46.7. The summed E-state index contributed by atoms with van der Waals surface area (Å²) < 4.78 is 37.8. The summed E-state index contributed by atoms with van der Waals surface area (Å²) in [4.78, 5) is 28.3. The molecule has 11 heteroatoms. The minimum Gasteiger partial charge on any atom is -0.264 e. The van der Waals surface area contributed by atoms with Gasteiger partial charge in [0.2, 0.25) is 0 Å². The van der Waals surface area contributed by atoms with Gasteiger partial charge >= 0.3 is 0 Å². The molecular weight excluding hydrogens is 1240 g/mol. The van der Waals surface area contributed by atoms with E-state index in [-0.39, 0.29) is 17.5 Å². The minimum absolute atomic E-state index is 0.140. The van der Waals surface area contributed by atoms with Gasteiger partial charge in [0.1, 0.15) is 17.5 Å². The van der Waals surface area contributed by atoms with Crippen LogP contribution in [-0.4, -0.2) is 29.9 Å². The van der Waals surface area contributed by atoms with Crippen molar-refractivity contribution in [2.45, 2.75) is 232 Å². The molecule has 6 aromatic heterocycles. The standard InChI is InChI=1S/2C10H13F.C10H14.C9H10N2.2C9H13N.C9H12.C8H10FN.C8H11N.C6H9NS/c1-7(2)10-5-4-9(11)6-8(10)3;1-7(2)10-6-9(11)5-4-8(10)3;1-8(2)10-7-5-4-6-9(10)3;1-7(2)9-6-8(10-3)4-5-11-9;2*1-7(2)9-6-8(3)4-5-10-9;1-8(2)9-6-4-3-5-7-9;1-6(2)8-5-7(9)3-4-10-8;1-7(2)8-5-3-4-6-9-8;1-5(2)6-7-3-4-8-6/h2*4-7H,1-3H3;4-8H,1-3H3;4-7H,1-2H3;2*4-7H,1-3H3;3-8H,1-2H3;3-6H,1-2H3;3-7H,1-2H3;3-5H,1-2H3. The SMILES string of the molecule is CC(C)c1cc(F)ccn1.CC(C)c1ccccc1.CC(C)c1ccccn1.CC(C)c1nccs1.Cc1cc(F)ccc1C(C)C.Cc1ccc(F)cc1C(C)C.Cc1ccccc1C(C)C.Cc1ccnc(C(C)C)c1.Cc1ccnc(C(C)C)c1.[C-]#[N+]c1ccnc(C(C)C)c1. The van der Waals surface area contributed by atoms with Gasteiger partial charge in [-0.15, -0.1) is 11.3 Å². The first kappa shape index (κ1) is 88.6. The molecule has 6 heterocycles. The summed E-state index contributed by atoms with van der Waals surface area (Å²) in [6.45, 7) is 59.6. The average molecular weight is 1360 g/mol. The van der Waals surface area contributed by atoms with Crippen LogP contribution in [-0.2, 0) is 0 Å². The monoisotopic (exact) mass is 1360 g/mol. The molecule has 10 aromatic rings. The molecule has 0 saturated carbocycles. The number of benzene rings is 4. The maximum absolute atomic E-state index is 12.7. The van der Waals surface area contributed by atoms with Crippen molar-refractivity contribution in [3.8, 4) is 0 Å². The molecular formula is C88H118F3N7S. The highest BCUT2D eigenvalue weighted by Gasteiger charge is 2.07. The number of nitrogens with zero attached hydrogens (tertiary/aromatic N) is 7. The number of thiazole rings is 1. The summed E-state index contributed by atoms with van der Waals surface area (Å²) in [6.07, 6.45) is 10.6. The second-order valence-corrected chi connectivity index (χ2v) is 28.3. The number of rotatable bonds is 10. The van der Waals surface area contributed by atoms with Crippen molar-refractivity contribution in [2.75, 3.05) is 0 Å². The molecule has 0 atom stereocenters. The number of pyridine rings is 5. The second kappa shape index (κ2) is 49.1. The lowest BCUT2D eigenvalue weighted by Crippen LogP contribution is -1.92. The molecule has 0 unspecified atom stereocenters. The second-order valence-electron chi connectivity index (χ2n) is 27.4. The topological polar surface area (TPSA) is 81.7 Å². The van der Waals surface area contributed by atoms with Crippen LogP contribution >= 0.6 is 11.3 Å². The van der Waals surface area contributed by atoms with Crippen LogP contribution in [0.5, 0.6) is 0 Å². The zero-order valence-electron chi connectivity index (χ0n) is 64.5. The number of aryl methyl sites for hydroxylation is 5. The number of halogens is 3. The lowest BCUT2D eigenvalue weighted by Gasteiger charge is -2.08. The van der Waals surface area contributed by atoms with Crippen molar-refractivity contribution in [3.05, 3.63) is 313 Å². The van der Waals surface area contributed by atoms with Crippen LogP contribution < -0.4 is 0 Å². The highest BCUT2D eigenvalue weighted by Crippen LogP contribution is 2.23. The maximum atomic E-state index is 12.7. The van der Waals surface area contributed by atoms with Crippen molar-refractivity contribution in [2.24, 2.45) is 0 Å². The molecule has 4 aromatic carbocycles. The quantitative estimate of drug-likeness (QED) is 0.127. The van der Waals surface area contributed by atoms with Crippen LogP contribution in [0.3, 0.4) is 0 Å². The fourth-order valence-electron chi connectivity index (χ4n) is 9.14. The lowest BCUT2D eigenvalue weighted by molar-refractivity contribution is 0.618. The zero-order valence-corrected chi connectivity index (χ0v) is 65.3. The third kappa shape index (κ3) is 38.5. The largest absolute Gasteiger partial charge is 0.264 e. The zero-order chi connectivity index (χ0) is 74.7. The molecule has 99 heavy (non-hydrogen) atoms. The summed E-state index contributed by atoms with van der Waals surface area (Å²) >= 11 is 1.72. The molecule has 0 N–H and O–H groups in total. The maximum Gasteiger partial charge on any atom is 0.190 e. The van der Waals surface area contributed by atoms with E-state index in [0.29, 0.717) is 64.9 Å². The summed E-state index contributed by atoms with van der Waals surface area (Å²) in [5.74, 6) is 4.63. The number of hydrogen-bond acceptors (Lipinski definition) is 7. The predicted molar refractivity (Wildman–Crippen MR) is 420 cm³/mol. The predicted octanol–water partition coefficient (Wildman–Crippen LogP) is 27.0. The first-order valence-electron chi connectivity index (χ1n) is 34.9. The molecule has 7 nitrogen and oxygen atoms in total. The molecule has 0 spiro atoms. The molecule has 0 aliphatic rings. The van der Waals surface area contributed by atoms with E-state index in [4.69, 9.17) is 6.57 Å². The van der Waals surface area contributed by atoms with Crippen molar-refractivity contribution < 1.29 is 13.2 Å². The Labute approximate surface area is 601 Å². The molecule has 0 aliphatic heterocycles. The minimum atomic E-state index is -0.210. The van der Waals surface area contributed by atoms with Crippen LogP contribution in [0.2, 0.25) is 0 Å². The van der Waals surface area contributed by atoms with Gasteiger partial charge in [-0.25, -0.2) is 23.0 Å². The lowest BCUT2D eigenvalue weighted by atomic mass is 9.98. The third-order valence-corrected chi connectivity index (χ3v) is 16.2. The Morgan fingerprint density at radius 2 is 0.717 bits per heavy atom. The Bertz CT molecular complexity index is 3620. The van der Waals surface area contributed by atoms with E-state index < -0.39 is 0 Å². The molecule has 0 fully saturated rings. The normalized spacial score (nSPS) is 10.3. The van der Waals surface area contributed by atoms with Gasteiger partial charge in [0, 0.05) is 76.9 Å². The molecule has 10 rings (SSSR count). The molecule has 0 radical (unpaired) electrons. The van der Waals surface area contributed by atoms with Crippen molar-refractivity contribution in [3.63, 3.8) is 0 Å². The van der Waals surface area contributed by atoms with Crippen LogP contribution in [0.25, 0.3) is 4.85 Å². The highest BCUT2D eigenvalue weighted by molar-refractivity contribution is 7.09. The Morgan fingerprint density at radius 1 is 0.303 bits per heavy atom. The summed E-state index contributed by atoms with van der Waals surface area (Å²) in [5.41, 5.74) is 17.4. The van der Waals surface area contributed by atoms with Crippen molar-refractivity contribution >= 4 is 17.0 Å². The van der Waals surface area contributed by atoms with E-state index in [0.717, 1.165) is 28.2 Å². The van der Waals surface area contributed by atoms with Gasteiger partial charge in [0.05, 0.1) is 11.6 Å². The Balaban J connectivity index is 0.000000551. The fraction of sp³-hybridized carbons (Fsp3) is 0.398. The number of aromatic nitrogens is 6. The smallest absolute Gasteiger partial charge is 0.190 e. The van der Waals surface area contributed by atoms with E-state index in [1.807, 2.05) is 112 Å². The number of hydrogen-bond donors (Lipinski definition) is 0. The van der Waals surface area contributed by atoms with Gasteiger partial charge < -0.3 is 0 Å². The molecule has 532 valence electrons. The fourth-order valence-corrected chi connectivity index (χ4v) is 9.79. The van der Waals surface area contributed by atoms with Gasteiger partial charge in [-0.1, -0.05) is 211 Å². The van der Waals surface area contributed by atoms with Gasteiger partial charge in [-0.2, -0.15) is 0 Å². The summed E-state index contributed by atoms with van der Waals surface area (Å²) in [7, 11) is 0. The van der Waals surface area contributed by atoms with Gasteiger partial charge in [-0.05, 0) is 223 Å². The Kier molecular flexibility index (Phi) is 43.9. The Morgan fingerprint density at radius 3 is 1.06 bits per heavy atom. The van der Waals surface area contributed by atoms with Crippen LogP contribution in [0.1, 0.15) is 281 Å². The van der Waals surface area contributed by atoms with Gasteiger partial charge in [0.15, 0.2) is 5.69 Å². The first-order valence-corrected chi connectivity index (χ1v) is 35.8. The van der Waals surface area contributed by atoms with Crippen LogP contribution in [0.15, 0.2) is 200 Å². The van der Waals surface area contributed by atoms with Gasteiger partial charge in [0.25, 0.3) is 0 Å². The highest BCUT2D eigenvalue weighted by atomic mass is 32.1. The van der Waals surface area contributed by atoms with E-state index in [1.165, 1.54) is 85.8 Å². The van der Waals surface area contributed by atoms with Crippen molar-refractivity contribution in [1.29, 1.82) is 0 Å². The van der Waals surface area contributed by atoms with Crippen molar-refractivity contribution in [1.82, 2.24) is 29.9 Å². The Hall–Kier alpha value is -8.46. The molecule has 0 saturated heterocycles. The van der Waals surface area contributed by atoms with E-state index in [9.17, 15) is 13.2 Å². The van der Waals surface area contributed by atoms with E-state index in [1.54, 1.807) is 35.7 Å². The molecule has 0 bridgehead atoms. The summed E-state index contributed by atoms with van der Waals surface area (Å²) in [6, 6.07) is 49.6. The van der Waals surface area contributed by atoms with E-state index >= 15 is 0 Å². The average Bonchev–Trinajstić information content (AvgIpc) is 1.38. The van der Waals surface area contributed by atoms with E-state index in [2.05, 4.69) is 241 Å². The molecule has 0 amide bonds. The molecule has 0 aliphatic carbocycles. The van der Waals surface area contributed by atoms with Crippen LogP contribution in [0.4, 0.5) is 18.9 Å². The third-order valence-electron chi connectivity index (χ3n) is 15.1. The summed E-state index contributed by atoms with van der Waals surface area (Å²) in [5, 5.41) is 3.24. The van der Waals surface area contributed by atoms with Gasteiger partial charge in [-0.3, -0.25) is 24.9 Å².